The number of anilines is 1. The molecule has 2 aromatic heterocycles. The first kappa shape index (κ1) is 23.9. The molecule has 2 aromatic carbocycles. The molecule has 2 heterocycles. The number of pyridine rings is 1. The van der Waals surface area contributed by atoms with Gasteiger partial charge in [0.1, 0.15) is 0 Å². The quantitative estimate of drug-likeness (QED) is 0.329. The van der Waals surface area contributed by atoms with Crippen molar-refractivity contribution < 1.29 is 14.0 Å². The molecule has 0 saturated carbocycles. The van der Waals surface area contributed by atoms with E-state index >= 15 is 0 Å². The largest absolute Gasteiger partial charge is 0.435 e. The zero-order chi connectivity index (χ0) is 24.6. The van der Waals surface area contributed by atoms with Crippen LogP contribution in [0.4, 0.5) is 5.69 Å². The Kier molecular flexibility index (Phi) is 7.67. The summed E-state index contributed by atoms with van der Waals surface area (Å²) in [6.07, 6.45) is 4.85. The van der Waals surface area contributed by atoms with Gasteiger partial charge in [-0.05, 0) is 61.4 Å². The highest BCUT2D eigenvalue weighted by molar-refractivity contribution is 6.04. The van der Waals surface area contributed by atoms with Crippen LogP contribution in [0.2, 0.25) is 0 Å². The van der Waals surface area contributed by atoms with Crippen LogP contribution in [0.15, 0.2) is 83.5 Å². The number of hydrogen-bond donors (Lipinski definition) is 1. The molecule has 4 rings (SSSR count). The van der Waals surface area contributed by atoms with Crippen LogP contribution in [0.1, 0.15) is 47.5 Å². The molecule has 7 nitrogen and oxygen atoms in total. The second-order valence-electron chi connectivity index (χ2n) is 8.13. The summed E-state index contributed by atoms with van der Waals surface area (Å²) in [6.45, 7) is 5.40. The lowest BCUT2D eigenvalue weighted by atomic mass is 10.1. The summed E-state index contributed by atoms with van der Waals surface area (Å²) in [5, 5.41) is 2.86. The van der Waals surface area contributed by atoms with Gasteiger partial charge >= 0.3 is 0 Å². The van der Waals surface area contributed by atoms with Crippen LogP contribution in [0.25, 0.3) is 22.8 Å². The van der Waals surface area contributed by atoms with Crippen molar-refractivity contribution >= 4 is 17.5 Å². The van der Waals surface area contributed by atoms with E-state index in [1.807, 2.05) is 61.2 Å². The minimum atomic E-state index is -0.248. The van der Waals surface area contributed by atoms with E-state index < -0.39 is 0 Å². The molecular weight excluding hydrogens is 440 g/mol. The van der Waals surface area contributed by atoms with Crippen LogP contribution in [0.5, 0.6) is 0 Å². The molecule has 2 amide bonds. The standard InChI is InChI=1S/C28H28N4O3/c1-3-17-32(18-4-2)28(34)24-25(35-27(31-24)21-9-6-5-7-10-21)20-12-14-23(15-13-20)30-26(33)22-11-8-16-29-19-22/h5-16,19H,3-4,17-18H2,1-2H3,(H,30,33). The lowest BCUT2D eigenvalue weighted by molar-refractivity contribution is 0.0750. The van der Waals surface area contributed by atoms with Crippen molar-refractivity contribution in [3.05, 3.63) is 90.4 Å². The minimum absolute atomic E-state index is 0.149. The van der Waals surface area contributed by atoms with E-state index in [9.17, 15) is 9.59 Å². The van der Waals surface area contributed by atoms with Gasteiger partial charge in [0.25, 0.3) is 11.8 Å². The fourth-order valence-corrected chi connectivity index (χ4v) is 3.77. The maximum Gasteiger partial charge on any atom is 0.276 e. The molecule has 0 aliphatic heterocycles. The number of benzene rings is 2. The first-order valence-corrected chi connectivity index (χ1v) is 11.8. The van der Waals surface area contributed by atoms with Crippen molar-refractivity contribution in [2.24, 2.45) is 0 Å². The Morgan fingerprint density at radius 1 is 0.886 bits per heavy atom. The van der Waals surface area contributed by atoms with Gasteiger partial charge in [0, 0.05) is 42.3 Å². The molecule has 0 atom stereocenters. The van der Waals surface area contributed by atoms with E-state index in [0.717, 1.165) is 18.4 Å². The molecule has 0 radical (unpaired) electrons. The highest BCUT2D eigenvalue weighted by atomic mass is 16.4. The van der Waals surface area contributed by atoms with Gasteiger partial charge in [0.15, 0.2) is 11.5 Å². The summed E-state index contributed by atoms with van der Waals surface area (Å²) < 4.78 is 6.15. The van der Waals surface area contributed by atoms with E-state index in [1.165, 1.54) is 6.20 Å². The van der Waals surface area contributed by atoms with Gasteiger partial charge in [-0.3, -0.25) is 14.6 Å². The van der Waals surface area contributed by atoms with Gasteiger partial charge in [-0.1, -0.05) is 32.0 Å². The van der Waals surface area contributed by atoms with Crippen LogP contribution >= 0.6 is 0 Å². The molecule has 178 valence electrons. The van der Waals surface area contributed by atoms with Gasteiger partial charge < -0.3 is 14.6 Å². The fourth-order valence-electron chi connectivity index (χ4n) is 3.77. The third-order valence-electron chi connectivity index (χ3n) is 5.45. The van der Waals surface area contributed by atoms with Gasteiger partial charge in [0.05, 0.1) is 5.56 Å². The highest BCUT2D eigenvalue weighted by Gasteiger charge is 2.26. The predicted molar refractivity (Wildman–Crippen MR) is 136 cm³/mol. The van der Waals surface area contributed by atoms with Gasteiger partial charge in [-0.15, -0.1) is 0 Å². The van der Waals surface area contributed by atoms with Crippen molar-refractivity contribution in [1.29, 1.82) is 0 Å². The molecule has 7 heteroatoms. The Morgan fingerprint density at radius 3 is 2.23 bits per heavy atom. The highest BCUT2D eigenvalue weighted by Crippen LogP contribution is 2.31. The van der Waals surface area contributed by atoms with Gasteiger partial charge in [0.2, 0.25) is 5.89 Å². The second kappa shape index (κ2) is 11.2. The maximum atomic E-state index is 13.5. The number of carbonyl (C=O) groups is 2. The van der Waals surface area contributed by atoms with E-state index in [2.05, 4.69) is 15.3 Å². The Bertz CT molecular complexity index is 1260. The number of rotatable bonds is 9. The molecule has 0 aliphatic carbocycles. The smallest absolute Gasteiger partial charge is 0.276 e. The third-order valence-corrected chi connectivity index (χ3v) is 5.45. The van der Waals surface area contributed by atoms with E-state index in [1.54, 1.807) is 30.5 Å². The fraction of sp³-hybridized carbons (Fsp3) is 0.214. The van der Waals surface area contributed by atoms with E-state index in [4.69, 9.17) is 4.42 Å². The van der Waals surface area contributed by atoms with Crippen LogP contribution in [-0.2, 0) is 0 Å². The van der Waals surface area contributed by atoms with Crippen molar-refractivity contribution in [2.75, 3.05) is 18.4 Å². The first-order chi connectivity index (χ1) is 17.1. The molecular formula is C28H28N4O3. The van der Waals surface area contributed by atoms with Gasteiger partial charge in [-0.2, -0.15) is 0 Å². The SMILES string of the molecule is CCCN(CCC)C(=O)c1nc(-c2ccccc2)oc1-c1ccc(NC(=O)c2cccnc2)cc1. The Hall–Kier alpha value is -4.26. The molecule has 4 aromatic rings. The predicted octanol–water partition coefficient (Wildman–Crippen LogP) is 5.92. The Labute approximate surface area is 204 Å². The normalized spacial score (nSPS) is 10.7. The van der Waals surface area contributed by atoms with Crippen molar-refractivity contribution in [1.82, 2.24) is 14.9 Å². The summed E-state index contributed by atoms with van der Waals surface area (Å²) in [4.78, 5) is 36.3. The summed E-state index contributed by atoms with van der Waals surface area (Å²) in [7, 11) is 0. The Balaban J connectivity index is 1.66. The van der Waals surface area contributed by atoms with E-state index in [0.29, 0.717) is 41.6 Å². The summed E-state index contributed by atoms with van der Waals surface area (Å²) in [5.41, 5.74) is 2.88. The average Bonchev–Trinajstić information content (AvgIpc) is 3.35. The molecule has 0 unspecified atom stereocenters. The maximum absolute atomic E-state index is 13.5. The molecule has 0 saturated heterocycles. The molecule has 0 fully saturated rings. The lowest BCUT2D eigenvalue weighted by Crippen LogP contribution is -2.33. The van der Waals surface area contributed by atoms with Crippen LogP contribution in [0, 0.1) is 0 Å². The van der Waals surface area contributed by atoms with Gasteiger partial charge in [-0.25, -0.2) is 4.98 Å². The van der Waals surface area contributed by atoms with Crippen molar-refractivity contribution in [2.45, 2.75) is 26.7 Å². The summed E-state index contributed by atoms with van der Waals surface area (Å²) in [6, 6.07) is 20.1. The lowest BCUT2D eigenvalue weighted by Gasteiger charge is -2.20. The zero-order valence-corrected chi connectivity index (χ0v) is 19.9. The van der Waals surface area contributed by atoms with Crippen LogP contribution in [0.3, 0.4) is 0 Å². The number of carbonyl (C=O) groups excluding carboxylic acids is 2. The second-order valence-corrected chi connectivity index (χ2v) is 8.13. The zero-order valence-electron chi connectivity index (χ0n) is 19.9. The van der Waals surface area contributed by atoms with Crippen molar-refractivity contribution in [3.8, 4) is 22.8 Å². The number of aromatic nitrogens is 2. The number of amides is 2. The molecule has 1 N–H and O–H groups in total. The number of nitrogens with zero attached hydrogens (tertiary/aromatic N) is 3. The number of nitrogens with one attached hydrogen (secondary N) is 1. The topological polar surface area (TPSA) is 88.3 Å². The Morgan fingerprint density at radius 2 is 1.60 bits per heavy atom. The average molecular weight is 469 g/mol. The van der Waals surface area contributed by atoms with E-state index in [-0.39, 0.29) is 17.5 Å². The summed E-state index contributed by atoms with van der Waals surface area (Å²) >= 11 is 0. The molecule has 35 heavy (non-hydrogen) atoms. The molecule has 0 bridgehead atoms. The van der Waals surface area contributed by atoms with Crippen LogP contribution in [-0.4, -0.2) is 39.8 Å². The molecule has 0 spiro atoms. The van der Waals surface area contributed by atoms with Crippen LogP contribution < -0.4 is 5.32 Å². The summed E-state index contributed by atoms with van der Waals surface area (Å²) in [5.74, 6) is 0.410. The third kappa shape index (κ3) is 5.63. The number of oxazole rings is 1. The monoisotopic (exact) mass is 468 g/mol. The first-order valence-electron chi connectivity index (χ1n) is 11.8. The minimum Gasteiger partial charge on any atom is -0.435 e. The molecule has 0 aliphatic rings. The van der Waals surface area contributed by atoms with Crippen molar-refractivity contribution in [3.63, 3.8) is 0 Å². The number of hydrogen-bond acceptors (Lipinski definition) is 5.